The molecular weight excluding hydrogens is 296 g/mol. The molecule has 2 N–H and O–H groups in total. The first-order valence-electron chi connectivity index (χ1n) is 7.34. The zero-order valence-electron chi connectivity index (χ0n) is 12.4. The fourth-order valence-corrected chi connectivity index (χ4v) is 2.74. The second-order valence-corrected chi connectivity index (χ2v) is 5.97. The average molecular weight is 316 g/mol. The van der Waals surface area contributed by atoms with Crippen LogP contribution < -0.4 is 10.6 Å². The summed E-state index contributed by atoms with van der Waals surface area (Å²) in [5.41, 5.74) is 0.973. The van der Waals surface area contributed by atoms with Gasteiger partial charge in [-0.3, -0.25) is 9.59 Å². The first-order valence-corrected chi connectivity index (χ1v) is 8.22. The van der Waals surface area contributed by atoms with E-state index < -0.39 is 0 Å². The van der Waals surface area contributed by atoms with Crippen molar-refractivity contribution in [1.82, 2.24) is 10.6 Å². The first kappa shape index (κ1) is 16.2. The highest BCUT2D eigenvalue weighted by Gasteiger charge is 2.05. The highest BCUT2D eigenvalue weighted by Crippen LogP contribution is 2.08. The molecule has 0 aliphatic carbocycles. The lowest BCUT2D eigenvalue weighted by molar-refractivity contribution is -0.122. The minimum absolute atomic E-state index is 0.0310. The molecule has 0 saturated heterocycles. The molecule has 0 spiro atoms. The van der Waals surface area contributed by atoms with E-state index in [9.17, 15) is 9.59 Å². The summed E-state index contributed by atoms with van der Waals surface area (Å²) in [5.74, 6) is -0.0887. The first-order chi connectivity index (χ1) is 10.7. The summed E-state index contributed by atoms with van der Waals surface area (Å²) < 4.78 is 0. The van der Waals surface area contributed by atoms with Gasteiger partial charge in [0.25, 0.3) is 0 Å². The molecule has 1 aromatic carbocycles. The van der Waals surface area contributed by atoms with Crippen molar-refractivity contribution in [3.8, 4) is 0 Å². The molecule has 1 aromatic heterocycles. The third kappa shape index (κ3) is 6.10. The normalized spacial score (nSPS) is 10.2. The van der Waals surface area contributed by atoms with E-state index in [2.05, 4.69) is 16.7 Å². The quantitative estimate of drug-likeness (QED) is 0.784. The molecule has 116 valence electrons. The summed E-state index contributed by atoms with van der Waals surface area (Å²) in [7, 11) is 0. The van der Waals surface area contributed by atoms with Crippen molar-refractivity contribution in [3.05, 3.63) is 58.3 Å². The molecule has 2 aromatic rings. The molecular formula is C17H20N2O2S. The van der Waals surface area contributed by atoms with E-state index in [-0.39, 0.29) is 11.8 Å². The Kier molecular flexibility index (Phi) is 6.64. The lowest BCUT2D eigenvalue weighted by Gasteiger charge is -2.06. The molecule has 2 rings (SSSR count). The molecule has 22 heavy (non-hydrogen) atoms. The Morgan fingerprint density at radius 1 is 0.909 bits per heavy atom. The van der Waals surface area contributed by atoms with Gasteiger partial charge in [-0.2, -0.15) is 0 Å². The van der Waals surface area contributed by atoms with Gasteiger partial charge < -0.3 is 10.6 Å². The summed E-state index contributed by atoms with van der Waals surface area (Å²) in [6.07, 6.45) is 1.51. The van der Waals surface area contributed by atoms with E-state index >= 15 is 0 Å². The summed E-state index contributed by atoms with van der Waals surface area (Å²) in [4.78, 5) is 24.6. The molecule has 0 unspecified atom stereocenters. The molecule has 0 fully saturated rings. The van der Waals surface area contributed by atoms with Gasteiger partial charge in [-0.25, -0.2) is 0 Å². The van der Waals surface area contributed by atoms with Gasteiger partial charge in [0.05, 0.1) is 6.42 Å². The summed E-state index contributed by atoms with van der Waals surface area (Å²) in [6.45, 7) is 1.01. The number of thiophene rings is 1. The third-order valence-electron chi connectivity index (χ3n) is 3.16. The molecule has 2 amide bonds. The van der Waals surface area contributed by atoms with Gasteiger partial charge >= 0.3 is 0 Å². The lowest BCUT2D eigenvalue weighted by atomic mass is 10.1. The van der Waals surface area contributed by atoms with Gasteiger partial charge in [-0.05, 0) is 23.4 Å². The van der Waals surface area contributed by atoms with Gasteiger partial charge in [-0.15, -0.1) is 11.3 Å². The van der Waals surface area contributed by atoms with Crippen LogP contribution in [-0.4, -0.2) is 24.9 Å². The Labute approximate surface area is 134 Å². The Hall–Kier alpha value is -2.14. The zero-order valence-corrected chi connectivity index (χ0v) is 13.2. The summed E-state index contributed by atoms with van der Waals surface area (Å²) in [5, 5.41) is 7.66. The van der Waals surface area contributed by atoms with E-state index in [1.165, 1.54) is 4.88 Å². The van der Waals surface area contributed by atoms with Crippen molar-refractivity contribution in [3.63, 3.8) is 0 Å². The van der Waals surface area contributed by atoms with Crippen LogP contribution in [0.1, 0.15) is 16.9 Å². The van der Waals surface area contributed by atoms with Crippen LogP contribution in [0.3, 0.4) is 0 Å². The molecule has 0 saturated carbocycles. The summed E-state index contributed by atoms with van der Waals surface area (Å²) in [6, 6.07) is 13.6. The van der Waals surface area contributed by atoms with E-state index in [1.807, 2.05) is 41.8 Å². The fourth-order valence-electron chi connectivity index (χ4n) is 2.03. The number of carbonyl (C=O) groups is 2. The van der Waals surface area contributed by atoms with Crippen molar-refractivity contribution >= 4 is 23.2 Å². The van der Waals surface area contributed by atoms with Crippen LogP contribution in [0.15, 0.2) is 47.8 Å². The fraction of sp³-hybridized carbons (Fsp3) is 0.294. The van der Waals surface area contributed by atoms with Crippen molar-refractivity contribution in [1.29, 1.82) is 0 Å². The van der Waals surface area contributed by atoms with E-state index in [4.69, 9.17) is 0 Å². The van der Waals surface area contributed by atoms with E-state index in [0.29, 0.717) is 25.9 Å². The predicted molar refractivity (Wildman–Crippen MR) is 88.8 cm³/mol. The SMILES string of the molecule is O=C(CCNC(=O)Cc1ccccc1)NCCc1cccs1. The molecule has 0 radical (unpaired) electrons. The molecule has 0 aliphatic rings. The second-order valence-electron chi connectivity index (χ2n) is 4.94. The average Bonchev–Trinajstić information content (AvgIpc) is 3.01. The molecule has 5 heteroatoms. The van der Waals surface area contributed by atoms with Crippen molar-refractivity contribution < 1.29 is 9.59 Å². The lowest BCUT2D eigenvalue weighted by Crippen LogP contribution is -2.32. The minimum Gasteiger partial charge on any atom is -0.356 e. The minimum atomic E-state index is -0.0578. The molecule has 0 aliphatic heterocycles. The van der Waals surface area contributed by atoms with Gasteiger partial charge in [-0.1, -0.05) is 36.4 Å². The standard InChI is InChI=1S/C17H20N2O2S/c20-16(18-10-8-15-7-4-12-22-15)9-11-19-17(21)13-14-5-2-1-3-6-14/h1-7,12H,8-11,13H2,(H,18,20)(H,19,21). The number of amides is 2. The number of benzene rings is 1. The molecule has 0 bridgehead atoms. The number of rotatable bonds is 8. The highest BCUT2D eigenvalue weighted by molar-refractivity contribution is 7.09. The van der Waals surface area contributed by atoms with Crippen molar-refractivity contribution in [2.45, 2.75) is 19.3 Å². The van der Waals surface area contributed by atoms with Crippen LogP contribution in [0.5, 0.6) is 0 Å². The van der Waals surface area contributed by atoms with Crippen LogP contribution in [0, 0.1) is 0 Å². The largest absolute Gasteiger partial charge is 0.356 e. The number of hydrogen-bond donors (Lipinski definition) is 2. The number of hydrogen-bond acceptors (Lipinski definition) is 3. The van der Waals surface area contributed by atoms with Crippen molar-refractivity contribution in [2.75, 3.05) is 13.1 Å². The Morgan fingerprint density at radius 3 is 2.41 bits per heavy atom. The maximum Gasteiger partial charge on any atom is 0.224 e. The maximum atomic E-state index is 11.7. The van der Waals surface area contributed by atoms with Crippen LogP contribution in [0.4, 0.5) is 0 Å². The Morgan fingerprint density at radius 2 is 1.68 bits per heavy atom. The highest BCUT2D eigenvalue weighted by atomic mass is 32.1. The van der Waals surface area contributed by atoms with Crippen LogP contribution >= 0.6 is 11.3 Å². The van der Waals surface area contributed by atoms with Gasteiger partial charge in [0, 0.05) is 24.4 Å². The Bertz CT molecular complexity index is 582. The molecule has 4 nitrogen and oxygen atoms in total. The molecule has 1 heterocycles. The second kappa shape index (κ2) is 9.00. The maximum absolute atomic E-state index is 11.7. The Balaban J connectivity index is 1.55. The van der Waals surface area contributed by atoms with Gasteiger partial charge in [0.15, 0.2) is 0 Å². The summed E-state index contributed by atoms with van der Waals surface area (Å²) >= 11 is 1.69. The van der Waals surface area contributed by atoms with Crippen LogP contribution in [-0.2, 0) is 22.4 Å². The van der Waals surface area contributed by atoms with Crippen molar-refractivity contribution in [2.24, 2.45) is 0 Å². The van der Waals surface area contributed by atoms with Gasteiger partial charge in [0.1, 0.15) is 0 Å². The van der Waals surface area contributed by atoms with E-state index in [1.54, 1.807) is 11.3 Å². The zero-order chi connectivity index (χ0) is 15.6. The predicted octanol–water partition coefficient (Wildman–Crippen LogP) is 2.16. The monoisotopic (exact) mass is 316 g/mol. The van der Waals surface area contributed by atoms with E-state index in [0.717, 1.165) is 12.0 Å². The van der Waals surface area contributed by atoms with Crippen LogP contribution in [0.2, 0.25) is 0 Å². The number of nitrogens with one attached hydrogen (secondary N) is 2. The smallest absolute Gasteiger partial charge is 0.224 e. The molecule has 0 atom stereocenters. The third-order valence-corrected chi connectivity index (χ3v) is 4.09. The topological polar surface area (TPSA) is 58.2 Å². The van der Waals surface area contributed by atoms with Gasteiger partial charge in [0.2, 0.25) is 11.8 Å². The number of carbonyl (C=O) groups excluding carboxylic acids is 2. The van der Waals surface area contributed by atoms with Crippen LogP contribution in [0.25, 0.3) is 0 Å².